The van der Waals surface area contributed by atoms with Crippen molar-refractivity contribution in [1.82, 2.24) is 5.16 Å². The molecule has 1 aromatic heterocycles. The highest BCUT2D eigenvalue weighted by Gasteiger charge is 2.06. The molecule has 2 aromatic rings. The predicted molar refractivity (Wildman–Crippen MR) is 54.6 cm³/mol. The van der Waals surface area contributed by atoms with Gasteiger partial charge in [0.2, 0.25) is 0 Å². The summed E-state index contributed by atoms with van der Waals surface area (Å²) in [5, 5.41) is 9.90. The molecule has 1 N–H and O–H groups in total. The van der Waals surface area contributed by atoms with Crippen LogP contribution in [-0.4, -0.2) is 5.16 Å². The van der Waals surface area contributed by atoms with E-state index in [9.17, 15) is 9.18 Å². The highest BCUT2D eigenvalue weighted by atomic mass is 19.1. The summed E-state index contributed by atoms with van der Waals surface area (Å²) in [7, 11) is 0. The van der Waals surface area contributed by atoms with Crippen LogP contribution in [0.25, 0.3) is 0 Å². The lowest BCUT2D eigenvalue weighted by Gasteiger charge is -1.90. The maximum absolute atomic E-state index is 12.6. The summed E-state index contributed by atoms with van der Waals surface area (Å²) in [6, 6.07) is 5.45. The smallest absolute Gasteiger partial charge is 0.336 e. The van der Waals surface area contributed by atoms with E-state index in [1.54, 1.807) is 6.92 Å². The van der Waals surface area contributed by atoms with E-state index in [1.807, 2.05) is 0 Å². The minimum Gasteiger partial charge on any atom is -0.336 e. The van der Waals surface area contributed by atoms with Crippen LogP contribution >= 0.6 is 0 Å². The molecule has 0 amide bonds. The monoisotopic (exact) mass is 221 g/mol. The lowest BCUT2D eigenvalue weighted by Crippen LogP contribution is -1.89. The van der Waals surface area contributed by atoms with Gasteiger partial charge in [0.1, 0.15) is 5.82 Å². The zero-order valence-electron chi connectivity index (χ0n) is 8.40. The molecule has 5 nitrogen and oxygen atoms in total. The van der Waals surface area contributed by atoms with E-state index in [0.29, 0.717) is 11.4 Å². The van der Waals surface area contributed by atoms with Gasteiger partial charge in [-0.3, -0.25) is 0 Å². The highest BCUT2D eigenvalue weighted by molar-refractivity contribution is 5.40. The summed E-state index contributed by atoms with van der Waals surface area (Å²) >= 11 is 0. The minimum absolute atomic E-state index is 0.115. The third-order valence-corrected chi connectivity index (χ3v) is 1.94. The summed E-state index contributed by atoms with van der Waals surface area (Å²) in [6.07, 6.45) is 0. The van der Waals surface area contributed by atoms with Crippen molar-refractivity contribution >= 4 is 11.4 Å². The summed E-state index contributed by atoms with van der Waals surface area (Å²) in [5.41, 5.74) is 0.491. The Hall–Kier alpha value is -2.24. The van der Waals surface area contributed by atoms with E-state index in [-0.39, 0.29) is 11.5 Å². The Morgan fingerprint density at radius 2 is 1.94 bits per heavy atom. The molecule has 0 radical (unpaired) electrons. The second-order valence-electron chi connectivity index (χ2n) is 3.14. The summed E-state index contributed by atoms with van der Waals surface area (Å²) in [5.74, 6) is -0.351. The van der Waals surface area contributed by atoms with Crippen molar-refractivity contribution in [3.05, 3.63) is 46.2 Å². The first kappa shape index (κ1) is 10.3. The molecule has 0 aliphatic heterocycles. The van der Waals surface area contributed by atoms with Gasteiger partial charge in [-0.1, -0.05) is 0 Å². The van der Waals surface area contributed by atoms with Crippen LogP contribution < -0.4 is 5.63 Å². The Kier molecular flexibility index (Phi) is 2.63. The Bertz CT molecular complexity index is 568. The SMILES string of the molecule is Cc1[nH]oc(=O)c1N=Nc1ccc(F)cc1. The molecule has 0 atom stereocenters. The van der Waals surface area contributed by atoms with Gasteiger partial charge in [0.25, 0.3) is 0 Å². The molecule has 1 aromatic carbocycles. The lowest BCUT2D eigenvalue weighted by atomic mass is 10.3. The van der Waals surface area contributed by atoms with Crippen LogP contribution in [0.1, 0.15) is 5.69 Å². The van der Waals surface area contributed by atoms with Crippen LogP contribution in [-0.2, 0) is 0 Å². The molecule has 6 heteroatoms. The van der Waals surface area contributed by atoms with Gasteiger partial charge < -0.3 is 4.52 Å². The molecular weight excluding hydrogens is 213 g/mol. The standard InChI is InChI=1S/C10H8FN3O2/c1-6-9(10(15)16-14-6)13-12-8-4-2-7(11)3-5-8/h2-5,14H,1H3. The van der Waals surface area contributed by atoms with E-state index in [0.717, 1.165) is 0 Å². The average molecular weight is 221 g/mol. The number of aromatic nitrogens is 1. The summed E-state index contributed by atoms with van der Waals surface area (Å²) in [4.78, 5) is 11.1. The first-order valence-corrected chi connectivity index (χ1v) is 4.52. The first-order valence-electron chi connectivity index (χ1n) is 4.52. The number of halogens is 1. The molecular formula is C10H8FN3O2. The van der Waals surface area contributed by atoms with Crippen molar-refractivity contribution < 1.29 is 8.91 Å². The number of nitrogens with one attached hydrogen (secondary N) is 1. The molecule has 0 aliphatic carbocycles. The van der Waals surface area contributed by atoms with Crippen molar-refractivity contribution in [2.24, 2.45) is 10.2 Å². The maximum atomic E-state index is 12.6. The summed E-state index contributed by atoms with van der Waals surface area (Å²) in [6.45, 7) is 1.64. The van der Waals surface area contributed by atoms with Gasteiger partial charge in [0.05, 0.1) is 11.4 Å². The largest absolute Gasteiger partial charge is 0.384 e. The molecule has 0 bridgehead atoms. The first-order chi connectivity index (χ1) is 7.66. The highest BCUT2D eigenvalue weighted by Crippen LogP contribution is 2.17. The van der Waals surface area contributed by atoms with Gasteiger partial charge in [0.15, 0.2) is 5.69 Å². The number of azo groups is 1. The van der Waals surface area contributed by atoms with Crippen molar-refractivity contribution in [3.63, 3.8) is 0 Å². The predicted octanol–water partition coefficient (Wildman–Crippen LogP) is 2.83. The molecule has 0 saturated carbocycles. The van der Waals surface area contributed by atoms with Crippen molar-refractivity contribution in [2.75, 3.05) is 0 Å². The number of hydrogen-bond donors (Lipinski definition) is 1. The van der Waals surface area contributed by atoms with E-state index >= 15 is 0 Å². The Balaban J connectivity index is 2.28. The zero-order chi connectivity index (χ0) is 11.5. The van der Waals surface area contributed by atoms with Crippen molar-refractivity contribution in [3.8, 4) is 0 Å². The van der Waals surface area contributed by atoms with Gasteiger partial charge in [-0.25, -0.2) is 14.3 Å². The molecule has 0 unspecified atom stereocenters. The number of nitrogens with zero attached hydrogens (tertiary/aromatic N) is 2. The van der Waals surface area contributed by atoms with Crippen LogP contribution in [0.15, 0.2) is 43.8 Å². The fraction of sp³-hybridized carbons (Fsp3) is 0.100. The normalized spacial score (nSPS) is 11.1. The third kappa shape index (κ3) is 2.05. The lowest BCUT2D eigenvalue weighted by molar-refractivity contribution is 0.388. The second kappa shape index (κ2) is 4.09. The zero-order valence-corrected chi connectivity index (χ0v) is 8.40. The molecule has 2 rings (SSSR count). The molecule has 0 aliphatic rings. The Morgan fingerprint density at radius 1 is 1.25 bits per heavy atom. The average Bonchev–Trinajstić information content (AvgIpc) is 2.59. The molecule has 0 spiro atoms. The van der Waals surface area contributed by atoms with E-state index in [4.69, 9.17) is 0 Å². The van der Waals surface area contributed by atoms with Crippen molar-refractivity contribution in [2.45, 2.75) is 6.92 Å². The van der Waals surface area contributed by atoms with Gasteiger partial charge in [-0.2, -0.15) is 5.11 Å². The number of aromatic amines is 1. The number of H-pyrrole nitrogens is 1. The van der Waals surface area contributed by atoms with Crippen LogP contribution in [0.2, 0.25) is 0 Å². The van der Waals surface area contributed by atoms with E-state index in [2.05, 4.69) is 19.9 Å². The topological polar surface area (TPSA) is 70.7 Å². The van der Waals surface area contributed by atoms with Crippen LogP contribution in [0.3, 0.4) is 0 Å². The molecule has 1 heterocycles. The minimum atomic E-state index is -0.580. The fourth-order valence-electron chi connectivity index (χ4n) is 1.10. The molecule has 16 heavy (non-hydrogen) atoms. The van der Waals surface area contributed by atoms with Gasteiger partial charge in [-0.05, 0) is 31.2 Å². The van der Waals surface area contributed by atoms with Gasteiger partial charge in [0, 0.05) is 0 Å². The number of rotatable bonds is 2. The Morgan fingerprint density at radius 3 is 2.50 bits per heavy atom. The second-order valence-corrected chi connectivity index (χ2v) is 3.14. The molecule has 0 saturated heterocycles. The quantitative estimate of drug-likeness (QED) is 0.792. The van der Waals surface area contributed by atoms with Gasteiger partial charge in [-0.15, -0.1) is 5.11 Å². The van der Waals surface area contributed by atoms with Crippen LogP contribution in [0.5, 0.6) is 0 Å². The maximum Gasteiger partial charge on any atom is 0.384 e. The summed E-state index contributed by atoms with van der Waals surface area (Å²) < 4.78 is 17.1. The number of aryl methyl sites for hydroxylation is 1. The molecule has 0 fully saturated rings. The Labute approximate surface area is 89.6 Å². The van der Waals surface area contributed by atoms with Gasteiger partial charge >= 0.3 is 5.63 Å². The van der Waals surface area contributed by atoms with Crippen LogP contribution in [0, 0.1) is 12.7 Å². The third-order valence-electron chi connectivity index (χ3n) is 1.94. The van der Waals surface area contributed by atoms with Crippen LogP contribution in [0.4, 0.5) is 15.8 Å². The fourth-order valence-corrected chi connectivity index (χ4v) is 1.10. The number of hydrogen-bond acceptors (Lipinski definition) is 4. The van der Waals surface area contributed by atoms with Crippen molar-refractivity contribution in [1.29, 1.82) is 0 Å². The number of benzene rings is 1. The van der Waals surface area contributed by atoms with E-state index in [1.165, 1.54) is 24.3 Å². The van der Waals surface area contributed by atoms with E-state index < -0.39 is 5.63 Å². The molecule has 82 valence electrons.